The van der Waals surface area contributed by atoms with E-state index in [1.54, 1.807) is 0 Å². The first kappa shape index (κ1) is 16.1. The van der Waals surface area contributed by atoms with Crippen LogP contribution in [0.5, 0.6) is 5.75 Å². The van der Waals surface area contributed by atoms with Gasteiger partial charge in [-0.15, -0.1) is 0 Å². The van der Waals surface area contributed by atoms with Crippen molar-refractivity contribution in [2.24, 2.45) is 5.73 Å². The van der Waals surface area contributed by atoms with E-state index in [1.807, 2.05) is 25.1 Å². The molecule has 112 valence electrons. The van der Waals surface area contributed by atoms with E-state index in [4.69, 9.17) is 10.5 Å². The maximum absolute atomic E-state index is 6.44. The number of ether oxygens (including phenoxy) is 1. The number of hydrogen-bond acceptors (Lipinski definition) is 2. The molecule has 0 radical (unpaired) electrons. The minimum absolute atomic E-state index is 0.190. The van der Waals surface area contributed by atoms with E-state index in [1.165, 1.54) is 5.56 Å². The first-order valence-corrected chi connectivity index (χ1v) is 8.10. The fourth-order valence-corrected chi connectivity index (χ4v) is 2.70. The molecule has 2 rings (SSSR count). The first-order valence-electron chi connectivity index (χ1n) is 7.30. The summed E-state index contributed by atoms with van der Waals surface area (Å²) in [7, 11) is 0. The van der Waals surface area contributed by atoms with Crippen LogP contribution < -0.4 is 10.5 Å². The van der Waals surface area contributed by atoms with Crippen LogP contribution in [-0.2, 0) is 0 Å². The van der Waals surface area contributed by atoms with Crippen molar-refractivity contribution in [3.63, 3.8) is 0 Å². The van der Waals surface area contributed by atoms with Gasteiger partial charge in [0, 0.05) is 10.0 Å². The van der Waals surface area contributed by atoms with Gasteiger partial charge in [0.15, 0.2) is 0 Å². The maximum Gasteiger partial charge on any atom is 0.124 e. The van der Waals surface area contributed by atoms with Gasteiger partial charge >= 0.3 is 0 Å². The number of halogens is 1. The molecule has 2 nitrogen and oxygen atoms in total. The van der Waals surface area contributed by atoms with Crippen LogP contribution in [0.25, 0.3) is 0 Å². The Hall–Kier alpha value is -1.32. The number of benzene rings is 2. The largest absolute Gasteiger partial charge is 0.494 e. The highest BCUT2D eigenvalue weighted by molar-refractivity contribution is 9.10. The van der Waals surface area contributed by atoms with Crippen molar-refractivity contribution in [1.82, 2.24) is 0 Å². The summed E-state index contributed by atoms with van der Waals surface area (Å²) in [6.07, 6.45) is 0. The summed E-state index contributed by atoms with van der Waals surface area (Å²) in [5, 5.41) is 0. The Morgan fingerprint density at radius 3 is 2.24 bits per heavy atom. The zero-order chi connectivity index (χ0) is 15.4. The number of nitrogens with two attached hydrogens (primary N) is 1. The summed E-state index contributed by atoms with van der Waals surface area (Å²) in [6, 6.07) is 14.3. The molecule has 0 saturated carbocycles. The molecule has 2 N–H and O–H groups in total. The van der Waals surface area contributed by atoms with Gasteiger partial charge in [-0.3, -0.25) is 0 Å². The van der Waals surface area contributed by atoms with Gasteiger partial charge in [0.25, 0.3) is 0 Å². The van der Waals surface area contributed by atoms with Crippen molar-refractivity contribution < 1.29 is 4.74 Å². The van der Waals surface area contributed by atoms with Crippen molar-refractivity contribution >= 4 is 15.9 Å². The summed E-state index contributed by atoms with van der Waals surface area (Å²) >= 11 is 3.51. The Morgan fingerprint density at radius 1 is 1.05 bits per heavy atom. The zero-order valence-corrected chi connectivity index (χ0v) is 14.4. The standard InChI is InChI=1S/C18H22BrNO/c1-4-21-17-10-9-15(19)11-16(17)18(20)14-7-5-13(6-8-14)12(2)3/h5-12,18H,4,20H2,1-3H3. The molecule has 0 aliphatic carbocycles. The van der Waals surface area contributed by atoms with E-state index in [0.717, 1.165) is 21.3 Å². The maximum atomic E-state index is 6.44. The molecule has 0 saturated heterocycles. The molecule has 0 aliphatic rings. The number of rotatable bonds is 5. The summed E-state index contributed by atoms with van der Waals surface area (Å²) in [5.74, 6) is 1.38. The summed E-state index contributed by atoms with van der Waals surface area (Å²) in [4.78, 5) is 0. The third kappa shape index (κ3) is 3.86. The van der Waals surface area contributed by atoms with Crippen LogP contribution in [0, 0.1) is 0 Å². The molecular formula is C18H22BrNO. The molecule has 0 amide bonds. The Labute approximate surface area is 135 Å². The lowest BCUT2D eigenvalue weighted by Gasteiger charge is -2.18. The molecule has 0 bridgehead atoms. The van der Waals surface area contributed by atoms with Gasteiger partial charge in [-0.1, -0.05) is 54.0 Å². The van der Waals surface area contributed by atoms with Crippen LogP contribution in [0.2, 0.25) is 0 Å². The second-order valence-electron chi connectivity index (χ2n) is 5.41. The molecule has 0 aromatic heterocycles. The molecule has 0 heterocycles. The van der Waals surface area contributed by atoms with Gasteiger partial charge in [0.2, 0.25) is 0 Å². The second-order valence-corrected chi connectivity index (χ2v) is 6.33. The lowest BCUT2D eigenvalue weighted by Crippen LogP contribution is -2.13. The predicted octanol–water partition coefficient (Wildman–Crippen LogP) is 5.02. The lowest BCUT2D eigenvalue weighted by molar-refractivity contribution is 0.335. The quantitative estimate of drug-likeness (QED) is 0.823. The SMILES string of the molecule is CCOc1ccc(Br)cc1C(N)c1ccc(C(C)C)cc1. The zero-order valence-electron chi connectivity index (χ0n) is 12.8. The van der Waals surface area contributed by atoms with Crippen molar-refractivity contribution in [2.45, 2.75) is 32.7 Å². The van der Waals surface area contributed by atoms with Gasteiger partial charge in [0.05, 0.1) is 12.6 Å². The Balaban J connectivity index is 2.34. The molecule has 21 heavy (non-hydrogen) atoms. The highest BCUT2D eigenvalue weighted by Gasteiger charge is 2.15. The normalized spacial score (nSPS) is 12.5. The first-order chi connectivity index (χ1) is 10.0. The van der Waals surface area contributed by atoms with Gasteiger partial charge in [-0.25, -0.2) is 0 Å². The van der Waals surface area contributed by atoms with Crippen LogP contribution in [0.4, 0.5) is 0 Å². The predicted molar refractivity (Wildman–Crippen MR) is 91.9 cm³/mol. The average Bonchev–Trinajstić information content (AvgIpc) is 2.48. The summed E-state index contributed by atoms with van der Waals surface area (Å²) < 4.78 is 6.71. The van der Waals surface area contributed by atoms with E-state index in [2.05, 4.69) is 54.0 Å². The van der Waals surface area contributed by atoms with E-state index >= 15 is 0 Å². The molecule has 0 fully saturated rings. The van der Waals surface area contributed by atoms with Crippen molar-refractivity contribution in [1.29, 1.82) is 0 Å². The Bertz CT molecular complexity index is 593. The third-order valence-corrected chi connectivity index (χ3v) is 4.06. The number of hydrogen-bond donors (Lipinski definition) is 1. The molecule has 0 aliphatic heterocycles. The summed E-state index contributed by atoms with van der Waals surface area (Å²) in [6.45, 7) is 7.00. The smallest absolute Gasteiger partial charge is 0.124 e. The molecule has 2 aromatic carbocycles. The van der Waals surface area contributed by atoms with Gasteiger partial charge < -0.3 is 10.5 Å². The van der Waals surface area contributed by atoms with Crippen LogP contribution in [-0.4, -0.2) is 6.61 Å². The van der Waals surface area contributed by atoms with E-state index in [0.29, 0.717) is 12.5 Å². The van der Waals surface area contributed by atoms with Crippen LogP contribution in [0.1, 0.15) is 49.4 Å². The Morgan fingerprint density at radius 2 is 1.67 bits per heavy atom. The molecular weight excluding hydrogens is 326 g/mol. The van der Waals surface area contributed by atoms with Gasteiger partial charge in [-0.05, 0) is 42.2 Å². The molecule has 0 spiro atoms. The van der Waals surface area contributed by atoms with Crippen LogP contribution in [0.15, 0.2) is 46.9 Å². The minimum atomic E-state index is -0.190. The highest BCUT2D eigenvalue weighted by Crippen LogP contribution is 2.31. The van der Waals surface area contributed by atoms with Crippen molar-refractivity contribution in [2.75, 3.05) is 6.61 Å². The second kappa shape index (κ2) is 7.10. The van der Waals surface area contributed by atoms with Crippen molar-refractivity contribution in [3.8, 4) is 5.75 Å². The Kier molecular flexibility index (Phi) is 5.43. The lowest BCUT2D eigenvalue weighted by atomic mass is 9.95. The average molecular weight is 348 g/mol. The van der Waals surface area contributed by atoms with E-state index < -0.39 is 0 Å². The fourth-order valence-electron chi connectivity index (χ4n) is 2.32. The monoisotopic (exact) mass is 347 g/mol. The molecule has 3 heteroatoms. The third-order valence-electron chi connectivity index (χ3n) is 3.57. The van der Waals surface area contributed by atoms with Gasteiger partial charge in [0.1, 0.15) is 5.75 Å². The van der Waals surface area contributed by atoms with E-state index in [9.17, 15) is 0 Å². The van der Waals surface area contributed by atoms with Crippen LogP contribution >= 0.6 is 15.9 Å². The summed E-state index contributed by atoms with van der Waals surface area (Å²) in [5.41, 5.74) is 9.86. The fraction of sp³-hybridized carbons (Fsp3) is 0.333. The molecule has 1 unspecified atom stereocenters. The molecule has 1 atom stereocenters. The molecule has 2 aromatic rings. The highest BCUT2D eigenvalue weighted by atomic mass is 79.9. The van der Waals surface area contributed by atoms with Crippen LogP contribution in [0.3, 0.4) is 0 Å². The van der Waals surface area contributed by atoms with Gasteiger partial charge in [-0.2, -0.15) is 0 Å². The topological polar surface area (TPSA) is 35.2 Å². The minimum Gasteiger partial charge on any atom is -0.494 e. The van der Waals surface area contributed by atoms with Crippen molar-refractivity contribution in [3.05, 3.63) is 63.6 Å². The van der Waals surface area contributed by atoms with E-state index in [-0.39, 0.29) is 6.04 Å².